The number of hydrogen-bond donors (Lipinski definition) is 1. The molecular formula is C11H21NO3. The predicted octanol–water partition coefficient (Wildman–Crippen LogP) is 1.74. The smallest absolute Gasteiger partial charge is 0.323 e. The second-order valence-corrected chi connectivity index (χ2v) is 3.93. The fourth-order valence-corrected chi connectivity index (χ4v) is 1.27. The lowest BCUT2D eigenvalue weighted by atomic mass is 10.1. The van der Waals surface area contributed by atoms with E-state index in [4.69, 9.17) is 5.11 Å². The third kappa shape index (κ3) is 4.32. The Labute approximate surface area is 91.3 Å². The lowest BCUT2D eigenvalue weighted by Crippen LogP contribution is -2.44. The molecule has 0 bridgehead atoms. The summed E-state index contributed by atoms with van der Waals surface area (Å²) in [4.78, 5) is 24.0. The first-order valence-corrected chi connectivity index (χ1v) is 5.46. The SMILES string of the molecule is CCC(C)C(=O)N(CC(=O)O)C(C)CC. The van der Waals surface area contributed by atoms with Crippen LogP contribution in [0.15, 0.2) is 0 Å². The van der Waals surface area contributed by atoms with E-state index in [9.17, 15) is 9.59 Å². The number of amides is 1. The average molecular weight is 215 g/mol. The second kappa shape index (κ2) is 6.43. The van der Waals surface area contributed by atoms with Crippen molar-refractivity contribution < 1.29 is 14.7 Å². The molecule has 0 radical (unpaired) electrons. The molecule has 0 spiro atoms. The van der Waals surface area contributed by atoms with Crippen LogP contribution in [0.3, 0.4) is 0 Å². The van der Waals surface area contributed by atoms with Gasteiger partial charge in [0.2, 0.25) is 5.91 Å². The van der Waals surface area contributed by atoms with Gasteiger partial charge in [0.1, 0.15) is 6.54 Å². The minimum Gasteiger partial charge on any atom is -0.480 e. The van der Waals surface area contributed by atoms with Crippen LogP contribution in [-0.2, 0) is 9.59 Å². The number of nitrogens with zero attached hydrogens (tertiary/aromatic N) is 1. The van der Waals surface area contributed by atoms with Gasteiger partial charge in [-0.3, -0.25) is 9.59 Å². The largest absolute Gasteiger partial charge is 0.480 e. The first-order valence-electron chi connectivity index (χ1n) is 5.46. The third-order valence-electron chi connectivity index (χ3n) is 2.75. The summed E-state index contributed by atoms with van der Waals surface area (Å²) in [7, 11) is 0. The number of carbonyl (C=O) groups is 2. The van der Waals surface area contributed by atoms with Crippen LogP contribution in [0.25, 0.3) is 0 Å². The van der Waals surface area contributed by atoms with Gasteiger partial charge in [0.15, 0.2) is 0 Å². The molecule has 2 atom stereocenters. The highest BCUT2D eigenvalue weighted by Crippen LogP contribution is 2.11. The molecule has 0 heterocycles. The van der Waals surface area contributed by atoms with E-state index in [1.165, 1.54) is 4.90 Å². The molecular weight excluding hydrogens is 194 g/mol. The quantitative estimate of drug-likeness (QED) is 0.734. The van der Waals surface area contributed by atoms with Crippen molar-refractivity contribution in [1.82, 2.24) is 4.90 Å². The molecule has 15 heavy (non-hydrogen) atoms. The van der Waals surface area contributed by atoms with E-state index in [-0.39, 0.29) is 24.4 Å². The number of carbonyl (C=O) groups excluding carboxylic acids is 1. The zero-order valence-corrected chi connectivity index (χ0v) is 9.99. The van der Waals surface area contributed by atoms with E-state index in [1.54, 1.807) is 0 Å². The minimum absolute atomic E-state index is 0.0115. The Morgan fingerprint density at radius 2 is 1.73 bits per heavy atom. The first-order chi connectivity index (χ1) is 6.93. The summed E-state index contributed by atoms with van der Waals surface area (Å²) in [6, 6.07) is -0.0115. The van der Waals surface area contributed by atoms with Gasteiger partial charge in [-0.05, 0) is 19.8 Å². The van der Waals surface area contributed by atoms with Gasteiger partial charge in [0.05, 0.1) is 0 Å². The molecule has 4 nitrogen and oxygen atoms in total. The van der Waals surface area contributed by atoms with Crippen molar-refractivity contribution in [3.63, 3.8) is 0 Å². The van der Waals surface area contributed by atoms with Gasteiger partial charge in [-0.2, -0.15) is 0 Å². The maximum absolute atomic E-state index is 11.9. The Hall–Kier alpha value is -1.06. The molecule has 0 aliphatic rings. The van der Waals surface area contributed by atoms with Crippen molar-refractivity contribution in [2.45, 2.75) is 46.6 Å². The normalized spacial score (nSPS) is 14.4. The van der Waals surface area contributed by atoms with Gasteiger partial charge in [-0.15, -0.1) is 0 Å². The molecule has 0 aromatic carbocycles. The average Bonchev–Trinajstić information content (AvgIpc) is 2.22. The van der Waals surface area contributed by atoms with Crippen LogP contribution in [-0.4, -0.2) is 34.5 Å². The standard InChI is InChI=1S/C11H21NO3/c1-5-8(3)11(15)12(7-10(13)14)9(4)6-2/h8-9H,5-7H2,1-4H3,(H,13,14). The van der Waals surface area contributed by atoms with Gasteiger partial charge in [0, 0.05) is 12.0 Å². The topological polar surface area (TPSA) is 57.6 Å². The Balaban J connectivity index is 4.61. The van der Waals surface area contributed by atoms with Crippen molar-refractivity contribution in [2.75, 3.05) is 6.54 Å². The Kier molecular flexibility index (Phi) is 5.97. The number of carboxylic acid groups (broad SMARTS) is 1. The van der Waals surface area contributed by atoms with Crippen molar-refractivity contribution in [1.29, 1.82) is 0 Å². The molecule has 0 aliphatic carbocycles. The molecule has 0 saturated carbocycles. The fraction of sp³-hybridized carbons (Fsp3) is 0.818. The van der Waals surface area contributed by atoms with Gasteiger partial charge < -0.3 is 10.0 Å². The fourth-order valence-electron chi connectivity index (χ4n) is 1.27. The molecule has 2 unspecified atom stereocenters. The number of hydrogen-bond acceptors (Lipinski definition) is 2. The summed E-state index contributed by atoms with van der Waals surface area (Å²) in [5.41, 5.74) is 0. The number of aliphatic carboxylic acids is 1. The van der Waals surface area contributed by atoms with Crippen LogP contribution in [0, 0.1) is 5.92 Å². The van der Waals surface area contributed by atoms with Crippen LogP contribution < -0.4 is 0 Å². The van der Waals surface area contributed by atoms with Crippen LogP contribution in [0.1, 0.15) is 40.5 Å². The molecule has 0 aromatic rings. The zero-order valence-electron chi connectivity index (χ0n) is 9.99. The van der Waals surface area contributed by atoms with Crippen LogP contribution in [0.5, 0.6) is 0 Å². The molecule has 88 valence electrons. The lowest BCUT2D eigenvalue weighted by molar-refractivity contribution is -0.147. The van der Waals surface area contributed by atoms with E-state index in [0.717, 1.165) is 12.8 Å². The van der Waals surface area contributed by atoms with Gasteiger partial charge in [-0.25, -0.2) is 0 Å². The van der Waals surface area contributed by atoms with Crippen molar-refractivity contribution >= 4 is 11.9 Å². The van der Waals surface area contributed by atoms with Crippen LogP contribution in [0.2, 0.25) is 0 Å². The molecule has 4 heteroatoms. The first kappa shape index (κ1) is 13.9. The predicted molar refractivity (Wildman–Crippen MR) is 58.6 cm³/mol. The highest BCUT2D eigenvalue weighted by atomic mass is 16.4. The minimum atomic E-state index is -0.952. The third-order valence-corrected chi connectivity index (χ3v) is 2.75. The number of carboxylic acids is 1. The summed E-state index contributed by atoms with van der Waals surface area (Å²) in [6.07, 6.45) is 1.51. The zero-order chi connectivity index (χ0) is 12.0. The van der Waals surface area contributed by atoms with Crippen molar-refractivity contribution in [3.05, 3.63) is 0 Å². The number of rotatable bonds is 6. The van der Waals surface area contributed by atoms with E-state index in [1.807, 2.05) is 27.7 Å². The molecule has 0 aliphatic heterocycles. The van der Waals surface area contributed by atoms with Gasteiger partial charge >= 0.3 is 5.97 Å². The highest BCUT2D eigenvalue weighted by molar-refractivity contribution is 5.83. The van der Waals surface area contributed by atoms with E-state index < -0.39 is 5.97 Å². The summed E-state index contributed by atoms with van der Waals surface area (Å²) in [5.74, 6) is -1.11. The van der Waals surface area contributed by atoms with Gasteiger partial charge in [-0.1, -0.05) is 20.8 Å². The van der Waals surface area contributed by atoms with Crippen molar-refractivity contribution in [2.24, 2.45) is 5.92 Å². The van der Waals surface area contributed by atoms with Gasteiger partial charge in [0.25, 0.3) is 0 Å². The molecule has 0 fully saturated rings. The maximum atomic E-state index is 11.9. The van der Waals surface area contributed by atoms with E-state index >= 15 is 0 Å². The maximum Gasteiger partial charge on any atom is 0.323 e. The van der Waals surface area contributed by atoms with Crippen LogP contribution >= 0.6 is 0 Å². The Morgan fingerprint density at radius 1 is 1.20 bits per heavy atom. The highest BCUT2D eigenvalue weighted by Gasteiger charge is 2.24. The molecule has 0 rings (SSSR count). The van der Waals surface area contributed by atoms with E-state index in [2.05, 4.69) is 0 Å². The molecule has 0 aromatic heterocycles. The van der Waals surface area contributed by atoms with E-state index in [0.29, 0.717) is 0 Å². The Bertz CT molecular complexity index is 228. The van der Waals surface area contributed by atoms with Crippen LogP contribution in [0.4, 0.5) is 0 Å². The monoisotopic (exact) mass is 215 g/mol. The second-order valence-electron chi connectivity index (χ2n) is 3.93. The lowest BCUT2D eigenvalue weighted by Gasteiger charge is -2.29. The van der Waals surface area contributed by atoms with Crippen molar-refractivity contribution in [3.8, 4) is 0 Å². The molecule has 1 amide bonds. The Morgan fingerprint density at radius 3 is 2.07 bits per heavy atom. The molecule has 0 saturated heterocycles. The summed E-state index contributed by atoms with van der Waals surface area (Å²) in [6.45, 7) is 7.39. The summed E-state index contributed by atoms with van der Waals surface area (Å²) in [5, 5.41) is 8.74. The summed E-state index contributed by atoms with van der Waals surface area (Å²) < 4.78 is 0. The molecule has 1 N–H and O–H groups in total. The summed E-state index contributed by atoms with van der Waals surface area (Å²) >= 11 is 0.